The van der Waals surface area contributed by atoms with Crippen LogP contribution in [0.3, 0.4) is 0 Å². The van der Waals surface area contributed by atoms with Crippen LogP contribution in [0.2, 0.25) is 0 Å². The molecule has 1 aromatic rings. The van der Waals surface area contributed by atoms with Gasteiger partial charge in [0.05, 0.1) is 23.6 Å². The van der Waals surface area contributed by atoms with E-state index in [4.69, 9.17) is 4.74 Å². The van der Waals surface area contributed by atoms with Crippen LogP contribution in [-0.2, 0) is 16.1 Å². The summed E-state index contributed by atoms with van der Waals surface area (Å²) in [5.74, 6) is -0.0847. The number of carbonyl (C=O) groups excluding carboxylic acids is 1. The number of esters is 1. The Balaban J connectivity index is 1.96. The van der Waals surface area contributed by atoms with E-state index < -0.39 is 0 Å². The number of aromatic nitrogens is 2. The summed E-state index contributed by atoms with van der Waals surface area (Å²) in [6, 6.07) is 0.300. The molecule has 0 saturated carbocycles. The topological polar surface area (TPSA) is 55.3 Å². The van der Waals surface area contributed by atoms with Crippen molar-refractivity contribution in [3.63, 3.8) is 0 Å². The lowest BCUT2D eigenvalue weighted by molar-refractivity contribution is -0.145. The number of nitrogens with zero attached hydrogens (tertiary/aromatic N) is 3. The van der Waals surface area contributed by atoms with Crippen LogP contribution in [0.4, 0.5) is 0 Å². The first-order valence-corrected chi connectivity index (χ1v) is 7.65. The van der Waals surface area contributed by atoms with Crippen molar-refractivity contribution in [2.45, 2.75) is 52.1 Å². The van der Waals surface area contributed by atoms with Gasteiger partial charge in [-0.1, -0.05) is 10.9 Å². The number of aryl methyl sites for hydroxylation is 1. The highest BCUT2D eigenvalue weighted by atomic mass is 32.1. The smallest absolute Gasteiger partial charge is 0.307 e. The molecule has 0 spiro atoms. The van der Waals surface area contributed by atoms with Crippen molar-refractivity contribution >= 4 is 17.5 Å². The fourth-order valence-electron chi connectivity index (χ4n) is 2.49. The summed E-state index contributed by atoms with van der Waals surface area (Å²) in [6.07, 6.45) is 3.97. The van der Waals surface area contributed by atoms with Crippen LogP contribution < -0.4 is 0 Å². The van der Waals surface area contributed by atoms with Crippen molar-refractivity contribution in [2.75, 3.05) is 13.2 Å². The summed E-state index contributed by atoms with van der Waals surface area (Å²) in [4.78, 5) is 15.2. The summed E-state index contributed by atoms with van der Waals surface area (Å²) in [5.41, 5.74) is 1.01. The molecular weight excluding hydrogens is 262 g/mol. The summed E-state index contributed by atoms with van der Waals surface area (Å²) >= 11 is 1.46. The van der Waals surface area contributed by atoms with Crippen molar-refractivity contribution in [3.05, 3.63) is 10.6 Å². The maximum absolute atomic E-state index is 11.7. The molecule has 0 unspecified atom stereocenters. The summed E-state index contributed by atoms with van der Waals surface area (Å²) < 4.78 is 9.04. The Bertz CT molecular complexity index is 422. The standard InChI is InChI=1S/C13H21N3O2S/c1-3-18-13(17)8-11-6-4-5-7-16(11)9-12-10(2)14-15-19-12/h11H,3-9H2,1-2H3/t11-/m0/s1. The Morgan fingerprint density at radius 2 is 2.37 bits per heavy atom. The lowest BCUT2D eigenvalue weighted by Crippen LogP contribution is -2.40. The molecule has 106 valence electrons. The number of hydrogen-bond acceptors (Lipinski definition) is 6. The van der Waals surface area contributed by atoms with Crippen molar-refractivity contribution in [1.82, 2.24) is 14.5 Å². The molecule has 1 atom stereocenters. The molecule has 0 aromatic carbocycles. The number of likely N-dealkylation sites (tertiary alicyclic amines) is 1. The van der Waals surface area contributed by atoms with Gasteiger partial charge in [0.2, 0.25) is 0 Å². The number of rotatable bonds is 5. The van der Waals surface area contributed by atoms with Crippen LogP contribution in [0.1, 0.15) is 43.2 Å². The molecule has 6 heteroatoms. The first kappa shape index (κ1) is 14.4. The molecule has 1 saturated heterocycles. The van der Waals surface area contributed by atoms with Crippen molar-refractivity contribution in [2.24, 2.45) is 0 Å². The second-order valence-electron chi connectivity index (χ2n) is 4.91. The number of hydrogen-bond donors (Lipinski definition) is 0. The number of carbonyl (C=O) groups is 1. The average Bonchev–Trinajstić information content (AvgIpc) is 2.78. The van der Waals surface area contributed by atoms with Crippen LogP contribution in [0, 0.1) is 6.92 Å². The van der Waals surface area contributed by atoms with Gasteiger partial charge in [-0.2, -0.15) is 0 Å². The quantitative estimate of drug-likeness (QED) is 0.775. The largest absolute Gasteiger partial charge is 0.466 e. The number of ether oxygens (including phenoxy) is 1. The van der Waals surface area contributed by atoms with Crippen molar-refractivity contribution in [3.8, 4) is 0 Å². The Hall–Kier alpha value is -1.01. The van der Waals surface area contributed by atoms with Gasteiger partial charge in [-0.25, -0.2) is 0 Å². The monoisotopic (exact) mass is 283 g/mol. The van der Waals surface area contributed by atoms with Gasteiger partial charge in [0.25, 0.3) is 0 Å². The van der Waals surface area contributed by atoms with Crippen molar-refractivity contribution in [1.29, 1.82) is 0 Å². The molecular formula is C13H21N3O2S. The van der Waals surface area contributed by atoms with E-state index in [-0.39, 0.29) is 5.97 Å². The van der Waals surface area contributed by atoms with Gasteiger partial charge in [0.1, 0.15) is 0 Å². The van der Waals surface area contributed by atoms with Gasteiger partial charge < -0.3 is 4.74 Å². The first-order valence-electron chi connectivity index (χ1n) is 6.88. The zero-order chi connectivity index (χ0) is 13.7. The van der Waals surface area contributed by atoms with E-state index in [0.717, 1.165) is 25.2 Å². The highest BCUT2D eigenvalue weighted by Crippen LogP contribution is 2.24. The molecule has 2 rings (SSSR count). The van der Waals surface area contributed by atoms with E-state index in [9.17, 15) is 4.79 Å². The molecule has 1 aliphatic heterocycles. The first-order chi connectivity index (χ1) is 9.20. The highest BCUT2D eigenvalue weighted by Gasteiger charge is 2.26. The normalized spacial score (nSPS) is 20.4. The average molecular weight is 283 g/mol. The Kier molecular flexibility index (Phi) is 5.27. The maximum atomic E-state index is 11.7. The summed E-state index contributed by atoms with van der Waals surface area (Å²) in [6.45, 7) is 6.20. The van der Waals surface area contributed by atoms with Crippen LogP contribution in [0.5, 0.6) is 0 Å². The third kappa shape index (κ3) is 3.98. The van der Waals surface area contributed by atoms with Crippen LogP contribution in [0.25, 0.3) is 0 Å². The fourth-order valence-corrected chi connectivity index (χ4v) is 3.15. The Morgan fingerprint density at radius 1 is 1.53 bits per heavy atom. The van der Waals surface area contributed by atoms with E-state index in [1.54, 1.807) is 0 Å². The lowest BCUT2D eigenvalue weighted by atomic mass is 9.99. The summed E-state index contributed by atoms with van der Waals surface area (Å²) in [7, 11) is 0. The van der Waals surface area contributed by atoms with E-state index in [1.165, 1.54) is 29.3 Å². The molecule has 0 N–H and O–H groups in total. The SMILES string of the molecule is CCOC(=O)C[C@@H]1CCCCN1Cc1snnc1C. The zero-order valence-electron chi connectivity index (χ0n) is 11.6. The predicted molar refractivity (Wildman–Crippen MR) is 73.9 cm³/mol. The molecule has 0 aliphatic carbocycles. The Labute approximate surface area is 118 Å². The molecule has 5 nitrogen and oxygen atoms in total. The minimum Gasteiger partial charge on any atom is -0.466 e. The molecule has 1 fully saturated rings. The van der Waals surface area contributed by atoms with Gasteiger partial charge >= 0.3 is 5.97 Å². The highest BCUT2D eigenvalue weighted by molar-refractivity contribution is 7.05. The van der Waals surface area contributed by atoms with Gasteiger partial charge in [-0.15, -0.1) is 5.10 Å². The predicted octanol–water partition coefficient (Wildman–Crippen LogP) is 2.15. The van der Waals surface area contributed by atoms with Gasteiger partial charge in [-0.3, -0.25) is 9.69 Å². The van der Waals surface area contributed by atoms with Gasteiger partial charge in [0.15, 0.2) is 0 Å². The minimum absolute atomic E-state index is 0.0847. The number of piperidine rings is 1. The molecule has 1 aromatic heterocycles. The zero-order valence-corrected chi connectivity index (χ0v) is 12.4. The second kappa shape index (κ2) is 6.96. The van der Waals surface area contributed by atoms with Crippen LogP contribution in [-0.4, -0.2) is 39.6 Å². The van der Waals surface area contributed by atoms with E-state index >= 15 is 0 Å². The molecule has 1 aliphatic rings. The van der Waals surface area contributed by atoms with E-state index in [2.05, 4.69) is 14.5 Å². The maximum Gasteiger partial charge on any atom is 0.307 e. The summed E-state index contributed by atoms with van der Waals surface area (Å²) in [5, 5.41) is 4.05. The van der Waals surface area contributed by atoms with E-state index in [0.29, 0.717) is 19.1 Å². The molecule has 0 radical (unpaired) electrons. The fraction of sp³-hybridized carbons (Fsp3) is 0.769. The second-order valence-corrected chi connectivity index (χ2v) is 5.75. The van der Waals surface area contributed by atoms with Crippen LogP contribution in [0.15, 0.2) is 0 Å². The van der Waals surface area contributed by atoms with Gasteiger partial charge in [-0.05, 0) is 44.8 Å². The van der Waals surface area contributed by atoms with Crippen LogP contribution >= 0.6 is 11.5 Å². The van der Waals surface area contributed by atoms with E-state index in [1.807, 2.05) is 13.8 Å². The third-order valence-corrected chi connectivity index (χ3v) is 4.36. The molecule has 19 heavy (non-hydrogen) atoms. The van der Waals surface area contributed by atoms with Gasteiger partial charge in [0, 0.05) is 12.6 Å². The van der Waals surface area contributed by atoms with Crippen molar-refractivity contribution < 1.29 is 9.53 Å². The minimum atomic E-state index is -0.0847. The molecule has 0 bridgehead atoms. The molecule has 0 amide bonds. The third-order valence-electron chi connectivity index (χ3n) is 3.55. The molecule has 2 heterocycles. The lowest BCUT2D eigenvalue weighted by Gasteiger charge is -2.34. The Morgan fingerprint density at radius 3 is 3.05 bits per heavy atom.